The molecule has 2 atom stereocenters. The Labute approximate surface area is 353 Å². The maximum absolute atomic E-state index is 13.0. The first-order valence-electron chi connectivity index (χ1n) is 19.9. The van der Waals surface area contributed by atoms with E-state index in [0.29, 0.717) is 47.1 Å². The van der Waals surface area contributed by atoms with Crippen LogP contribution in [-0.2, 0) is 9.59 Å². The number of carbonyl (C=O) groups excluding carboxylic acids is 3. The Morgan fingerprint density at radius 1 is 0.712 bits per heavy atom. The average Bonchev–Trinajstić information content (AvgIpc) is 4.09. The Balaban J connectivity index is 0.000000187. The van der Waals surface area contributed by atoms with Crippen LogP contribution in [0.3, 0.4) is 0 Å². The summed E-state index contributed by atoms with van der Waals surface area (Å²) >= 11 is 9.53. The van der Waals surface area contributed by atoms with Crippen LogP contribution in [0.2, 0.25) is 0 Å². The molecule has 1 N–H and O–H groups in total. The van der Waals surface area contributed by atoms with Gasteiger partial charge in [-0.1, -0.05) is 39.5 Å². The second kappa shape index (κ2) is 18.7. The summed E-state index contributed by atoms with van der Waals surface area (Å²) in [6, 6.07) is 0.117. The number of nitrogens with zero attached hydrogens (tertiary/aromatic N) is 13. The van der Waals surface area contributed by atoms with Crippen molar-refractivity contribution in [3.05, 3.63) is 48.3 Å². The molecule has 4 aromatic rings. The molecule has 0 radical (unpaired) electrons. The minimum Gasteiger partial charge on any atom is -0.478 e. The Hall–Kier alpha value is -5.36. The van der Waals surface area contributed by atoms with Gasteiger partial charge in [0.25, 0.3) is 17.8 Å². The van der Waals surface area contributed by atoms with Crippen LogP contribution in [0.1, 0.15) is 98.8 Å². The van der Waals surface area contributed by atoms with Gasteiger partial charge in [0.2, 0.25) is 11.8 Å². The number of hydrogen-bond donors (Lipinski definition) is 1. The van der Waals surface area contributed by atoms with E-state index in [4.69, 9.17) is 38.3 Å². The van der Waals surface area contributed by atoms with Crippen molar-refractivity contribution in [3.8, 4) is 11.9 Å². The van der Waals surface area contributed by atoms with E-state index in [1.807, 2.05) is 13.8 Å². The summed E-state index contributed by atoms with van der Waals surface area (Å²) in [5, 5.41) is 17.6. The van der Waals surface area contributed by atoms with Crippen molar-refractivity contribution in [1.82, 2.24) is 44.4 Å². The van der Waals surface area contributed by atoms with Crippen LogP contribution in [0.5, 0.6) is 0 Å². The van der Waals surface area contributed by atoms with Gasteiger partial charge in [-0.2, -0.15) is 20.2 Å². The molecule has 316 valence electrons. The van der Waals surface area contributed by atoms with Gasteiger partial charge in [0, 0.05) is 52.7 Å². The number of alkyl halides is 2. The molecule has 4 aromatic heterocycles. The van der Waals surface area contributed by atoms with Crippen molar-refractivity contribution in [2.75, 3.05) is 53.1 Å². The number of anilines is 4. The second-order valence-corrected chi connectivity index (χ2v) is 15.9. The molecule has 0 aromatic carbocycles. The molecule has 0 saturated heterocycles. The third-order valence-corrected chi connectivity index (χ3v) is 11.3. The summed E-state index contributed by atoms with van der Waals surface area (Å²) in [6.07, 6.45) is 19.4. The number of carboxylic acid groups (broad SMARTS) is 1. The Morgan fingerprint density at radius 3 is 1.46 bits per heavy atom. The van der Waals surface area contributed by atoms with Crippen LogP contribution in [0.15, 0.2) is 37.2 Å². The third kappa shape index (κ3) is 8.69. The zero-order valence-corrected chi connectivity index (χ0v) is 35.7. The van der Waals surface area contributed by atoms with Crippen LogP contribution >= 0.6 is 23.2 Å². The number of halogens is 2. The molecule has 8 rings (SSSR count). The van der Waals surface area contributed by atoms with Crippen molar-refractivity contribution < 1.29 is 24.3 Å². The number of aromatic nitrogens is 8. The minimum atomic E-state index is -1.05. The lowest BCUT2D eigenvalue weighted by Crippen LogP contribution is -2.55. The van der Waals surface area contributed by atoms with E-state index < -0.39 is 5.97 Å². The summed E-state index contributed by atoms with van der Waals surface area (Å²) in [5.74, 6) is 1.13. The third-order valence-electron chi connectivity index (χ3n) is 11.3. The van der Waals surface area contributed by atoms with E-state index in [9.17, 15) is 19.2 Å². The zero-order chi connectivity index (χ0) is 42.5. The van der Waals surface area contributed by atoms with E-state index in [2.05, 4.69) is 30.0 Å². The Kier molecular flexibility index (Phi) is 13.7. The topological polar surface area (TPSA) is 192 Å². The quantitative estimate of drug-likeness (QED) is 0.229. The fourth-order valence-corrected chi connectivity index (χ4v) is 8.31. The highest BCUT2D eigenvalue weighted by molar-refractivity contribution is 6.40. The van der Waals surface area contributed by atoms with Crippen molar-refractivity contribution in [2.24, 2.45) is 0 Å². The normalized spacial score (nSPS) is 19.2. The summed E-state index contributed by atoms with van der Waals surface area (Å²) in [6.45, 7) is 4.05. The zero-order valence-electron chi connectivity index (χ0n) is 34.2. The number of aromatic carboxylic acids is 1. The van der Waals surface area contributed by atoms with Crippen LogP contribution in [-0.4, -0.2) is 131 Å². The van der Waals surface area contributed by atoms with Crippen molar-refractivity contribution in [1.29, 1.82) is 0 Å². The highest BCUT2D eigenvalue weighted by atomic mass is 35.5. The van der Waals surface area contributed by atoms with Gasteiger partial charge in [0.1, 0.15) is 23.5 Å². The van der Waals surface area contributed by atoms with Crippen LogP contribution in [0.4, 0.5) is 23.0 Å². The SMILES string of the molecule is CC[C@@H]1C(=O)N(C)c2cnc(-n3cc(C(=O)N(C)C)cn3)nc2N1C1CCCC1.CC[C@@H]1C(=O)N(C)c2cnc(-n3cc(C(=O)O)cn3)nc2N1C1CCCC1.ClCCl. The number of rotatable bonds is 8. The largest absolute Gasteiger partial charge is 0.478 e. The predicted octanol–water partition coefficient (Wildman–Crippen LogP) is 5.15. The highest BCUT2D eigenvalue weighted by Crippen LogP contribution is 2.41. The van der Waals surface area contributed by atoms with Gasteiger partial charge in [0.05, 0.1) is 41.3 Å². The van der Waals surface area contributed by atoms with Crippen LogP contribution < -0.4 is 19.6 Å². The van der Waals surface area contributed by atoms with E-state index in [1.165, 1.54) is 45.7 Å². The molecule has 3 amide bonds. The first-order chi connectivity index (χ1) is 28.3. The van der Waals surface area contributed by atoms with Gasteiger partial charge in [-0.3, -0.25) is 14.4 Å². The smallest absolute Gasteiger partial charge is 0.338 e. The van der Waals surface area contributed by atoms with Gasteiger partial charge < -0.3 is 29.6 Å². The number of carboxylic acids is 1. The van der Waals surface area contributed by atoms with Gasteiger partial charge in [0.15, 0.2) is 11.6 Å². The Bertz CT molecular complexity index is 2150. The minimum absolute atomic E-state index is 0.0560. The van der Waals surface area contributed by atoms with Gasteiger partial charge >= 0.3 is 5.97 Å². The average molecular weight is 853 g/mol. The summed E-state index contributed by atoms with van der Waals surface area (Å²) in [4.78, 5) is 76.5. The summed E-state index contributed by atoms with van der Waals surface area (Å²) < 4.78 is 2.87. The Morgan fingerprint density at radius 2 is 1.10 bits per heavy atom. The molecule has 2 saturated carbocycles. The van der Waals surface area contributed by atoms with Gasteiger partial charge in [-0.25, -0.2) is 24.1 Å². The lowest BCUT2D eigenvalue weighted by Gasteiger charge is -2.43. The fourth-order valence-electron chi connectivity index (χ4n) is 8.31. The van der Waals surface area contributed by atoms with E-state index in [0.717, 1.165) is 50.8 Å². The monoisotopic (exact) mass is 851 g/mol. The molecule has 0 spiro atoms. The molecule has 2 aliphatic heterocycles. The highest BCUT2D eigenvalue weighted by Gasteiger charge is 2.43. The van der Waals surface area contributed by atoms with Crippen molar-refractivity contribution in [3.63, 3.8) is 0 Å². The van der Waals surface area contributed by atoms with Gasteiger partial charge in [-0.05, 0) is 38.5 Å². The molecule has 18 nitrogen and oxygen atoms in total. The molecular weight excluding hydrogens is 801 g/mol. The van der Waals surface area contributed by atoms with Crippen LogP contribution in [0, 0.1) is 0 Å². The molecule has 20 heteroatoms. The molecule has 6 heterocycles. The fraction of sp³-hybridized carbons (Fsp3) is 0.538. The van der Waals surface area contributed by atoms with Gasteiger partial charge in [-0.15, -0.1) is 23.2 Å². The van der Waals surface area contributed by atoms with E-state index in [1.54, 1.807) is 56.6 Å². The second-order valence-electron chi connectivity index (χ2n) is 15.0. The first-order valence-corrected chi connectivity index (χ1v) is 20.9. The molecule has 59 heavy (non-hydrogen) atoms. The van der Waals surface area contributed by atoms with Crippen LogP contribution in [0.25, 0.3) is 11.9 Å². The molecule has 4 aliphatic rings. The molecule has 0 bridgehead atoms. The molecular formula is C39H51Cl2N13O5. The number of fused-ring (bicyclic) bond motifs is 2. The number of carbonyl (C=O) groups is 4. The molecule has 2 fully saturated rings. The number of likely N-dealkylation sites (N-methyl/N-ethyl adjacent to an activating group) is 2. The maximum Gasteiger partial charge on any atom is 0.338 e. The van der Waals surface area contributed by atoms with Crippen molar-refractivity contribution >= 4 is 69.9 Å². The summed E-state index contributed by atoms with van der Waals surface area (Å²) in [7, 11) is 6.93. The lowest BCUT2D eigenvalue weighted by molar-refractivity contribution is -0.120. The molecule has 0 unspecified atom stereocenters. The standard InChI is InChI=1S/C20H27N7O2.C18H22N6O3.CH2Cl2/c1-5-15-19(29)25(4)16-11-21-20(23-17(16)27(15)14-8-6-7-9-14)26-12-13(10-22-26)18(28)24(2)3;1-3-13-16(25)22(2)14-9-19-18(23-10-11(8-20-23)17(26)27)21-15(14)24(13)12-6-4-5-7-12;2-1-3/h10-12,14-15H,5-9H2,1-4H3;8-10,12-13H,3-7H2,1-2H3,(H,26,27);1H2/t15-;13-;/m11./s1. The van der Waals surface area contributed by atoms with E-state index >= 15 is 0 Å². The number of hydrogen-bond acceptors (Lipinski definition) is 12. The molecule has 2 aliphatic carbocycles. The first kappa shape index (κ1) is 43.2. The van der Waals surface area contributed by atoms with Crippen molar-refractivity contribution in [2.45, 2.75) is 102 Å². The number of amides is 3. The van der Waals surface area contributed by atoms with E-state index in [-0.39, 0.29) is 46.7 Å². The predicted molar refractivity (Wildman–Crippen MR) is 224 cm³/mol. The summed E-state index contributed by atoms with van der Waals surface area (Å²) in [5.41, 5.74) is 1.93. The maximum atomic E-state index is 13.0. The lowest BCUT2D eigenvalue weighted by atomic mass is 10.0.